The van der Waals surface area contributed by atoms with E-state index in [4.69, 9.17) is 4.74 Å². The molecule has 6 nitrogen and oxygen atoms in total. The highest BCUT2D eigenvalue weighted by Crippen LogP contribution is 2.30. The molecule has 3 heterocycles. The standard InChI is InChI=1S/C13H14N4O2/c1-19-13(18)10-3-5-14-9-11(10)16-7-2-8-17-12(16)4-6-15-17/h3-6,9H,2,7-8H2,1H3. The van der Waals surface area contributed by atoms with E-state index in [1.807, 2.05) is 10.7 Å². The number of hydrogen-bond donors (Lipinski definition) is 0. The van der Waals surface area contributed by atoms with Crippen LogP contribution in [0.4, 0.5) is 11.5 Å². The summed E-state index contributed by atoms with van der Waals surface area (Å²) in [6, 6.07) is 3.61. The summed E-state index contributed by atoms with van der Waals surface area (Å²) in [5.74, 6) is 0.624. The molecule has 19 heavy (non-hydrogen) atoms. The van der Waals surface area contributed by atoms with Gasteiger partial charge in [0.1, 0.15) is 5.82 Å². The number of aryl methyl sites for hydroxylation is 1. The fraction of sp³-hybridized carbons (Fsp3) is 0.308. The third kappa shape index (κ3) is 1.95. The van der Waals surface area contributed by atoms with Gasteiger partial charge in [-0.15, -0.1) is 0 Å². The van der Waals surface area contributed by atoms with Crippen LogP contribution in [0.5, 0.6) is 0 Å². The number of pyridine rings is 1. The van der Waals surface area contributed by atoms with Gasteiger partial charge in [-0.2, -0.15) is 5.10 Å². The van der Waals surface area contributed by atoms with Gasteiger partial charge in [0.2, 0.25) is 0 Å². The molecule has 0 fully saturated rings. The van der Waals surface area contributed by atoms with E-state index >= 15 is 0 Å². The van der Waals surface area contributed by atoms with Crippen LogP contribution in [0.1, 0.15) is 16.8 Å². The van der Waals surface area contributed by atoms with Gasteiger partial charge in [-0.3, -0.25) is 4.98 Å². The van der Waals surface area contributed by atoms with Crippen LogP contribution in [0.15, 0.2) is 30.7 Å². The van der Waals surface area contributed by atoms with Crippen LogP contribution in [0.3, 0.4) is 0 Å². The Morgan fingerprint density at radius 1 is 1.32 bits per heavy atom. The van der Waals surface area contributed by atoms with Crippen molar-refractivity contribution < 1.29 is 9.53 Å². The van der Waals surface area contributed by atoms with Gasteiger partial charge in [0.05, 0.1) is 30.8 Å². The fourth-order valence-corrected chi connectivity index (χ4v) is 2.35. The Hall–Kier alpha value is -2.37. The van der Waals surface area contributed by atoms with Crippen LogP contribution in [0.25, 0.3) is 0 Å². The number of esters is 1. The summed E-state index contributed by atoms with van der Waals surface area (Å²) in [5.41, 5.74) is 1.28. The fourth-order valence-electron chi connectivity index (χ4n) is 2.35. The lowest BCUT2D eigenvalue weighted by atomic mass is 10.2. The quantitative estimate of drug-likeness (QED) is 0.766. The number of fused-ring (bicyclic) bond motifs is 1. The van der Waals surface area contributed by atoms with Crippen molar-refractivity contribution in [1.82, 2.24) is 14.8 Å². The SMILES string of the molecule is COC(=O)c1ccncc1N1CCCn2nccc21. The van der Waals surface area contributed by atoms with Crippen LogP contribution in [0, 0.1) is 0 Å². The summed E-state index contributed by atoms with van der Waals surface area (Å²) in [4.78, 5) is 18.0. The number of carbonyl (C=O) groups is 1. The molecule has 98 valence electrons. The number of anilines is 2. The zero-order valence-electron chi connectivity index (χ0n) is 10.6. The van der Waals surface area contributed by atoms with Gasteiger partial charge < -0.3 is 9.64 Å². The number of aromatic nitrogens is 3. The zero-order valence-corrected chi connectivity index (χ0v) is 10.6. The lowest BCUT2D eigenvalue weighted by Gasteiger charge is -2.30. The van der Waals surface area contributed by atoms with Gasteiger partial charge in [0.15, 0.2) is 0 Å². The van der Waals surface area contributed by atoms with Crippen LogP contribution >= 0.6 is 0 Å². The molecule has 3 rings (SSSR count). The third-order valence-electron chi connectivity index (χ3n) is 3.22. The van der Waals surface area contributed by atoms with Gasteiger partial charge in [0, 0.05) is 25.4 Å². The summed E-state index contributed by atoms with van der Waals surface area (Å²) in [6.45, 7) is 1.73. The zero-order chi connectivity index (χ0) is 13.2. The first kappa shape index (κ1) is 11.7. The maximum Gasteiger partial charge on any atom is 0.340 e. The predicted octanol–water partition coefficient (Wildman–Crippen LogP) is 1.61. The minimum absolute atomic E-state index is 0.353. The summed E-state index contributed by atoms with van der Waals surface area (Å²) in [5, 5.41) is 4.27. The molecule has 2 aromatic heterocycles. The maximum atomic E-state index is 11.8. The molecular formula is C13H14N4O2. The van der Waals surface area contributed by atoms with E-state index in [1.165, 1.54) is 7.11 Å². The van der Waals surface area contributed by atoms with E-state index in [-0.39, 0.29) is 5.97 Å². The predicted molar refractivity (Wildman–Crippen MR) is 69.4 cm³/mol. The Kier molecular flexibility index (Phi) is 2.91. The van der Waals surface area contributed by atoms with Crippen LogP contribution < -0.4 is 4.90 Å². The van der Waals surface area contributed by atoms with Crippen LogP contribution in [0.2, 0.25) is 0 Å². The molecular weight excluding hydrogens is 244 g/mol. The molecule has 1 aliphatic heterocycles. The normalized spacial score (nSPS) is 14.1. The Balaban J connectivity index is 2.07. The molecule has 0 spiro atoms. The Bertz CT molecular complexity index is 608. The number of carbonyl (C=O) groups excluding carboxylic acids is 1. The number of ether oxygens (including phenoxy) is 1. The molecule has 6 heteroatoms. The van der Waals surface area contributed by atoms with Gasteiger partial charge in [-0.25, -0.2) is 9.48 Å². The van der Waals surface area contributed by atoms with E-state index in [0.29, 0.717) is 5.56 Å². The molecule has 0 bridgehead atoms. The second kappa shape index (κ2) is 4.72. The van der Waals surface area contributed by atoms with Crippen LogP contribution in [-0.2, 0) is 11.3 Å². The van der Waals surface area contributed by atoms with E-state index in [0.717, 1.165) is 31.0 Å². The van der Waals surface area contributed by atoms with Gasteiger partial charge >= 0.3 is 5.97 Å². The Morgan fingerprint density at radius 2 is 2.21 bits per heavy atom. The van der Waals surface area contributed by atoms with Crippen LogP contribution in [-0.4, -0.2) is 34.4 Å². The molecule has 0 saturated carbocycles. The highest BCUT2D eigenvalue weighted by Gasteiger charge is 2.23. The van der Waals surface area contributed by atoms with E-state index in [2.05, 4.69) is 15.0 Å². The van der Waals surface area contributed by atoms with E-state index in [9.17, 15) is 4.79 Å². The van der Waals surface area contributed by atoms with Gasteiger partial charge in [-0.05, 0) is 12.5 Å². The number of hydrogen-bond acceptors (Lipinski definition) is 5. The first-order valence-corrected chi connectivity index (χ1v) is 6.13. The van der Waals surface area contributed by atoms with Crippen molar-refractivity contribution in [2.75, 3.05) is 18.6 Å². The molecule has 0 radical (unpaired) electrons. The van der Waals surface area contributed by atoms with Crippen molar-refractivity contribution in [3.8, 4) is 0 Å². The summed E-state index contributed by atoms with van der Waals surface area (Å²) in [7, 11) is 1.38. The van der Waals surface area contributed by atoms with Crippen molar-refractivity contribution in [3.63, 3.8) is 0 Å². The minimum Gasteiger partial charge on any atom is -0.465 e. The second-order valence-corrected chi connectivity index (χ2v) is 4.30. The Morgan fingerprint density at radius 3 is 3.05 bits per heavy atom. The lowest BCUT2D eigenvalue weighted by Crippen LogP contribution is -2.29. The van der Waals surface area contributed by atoms with Crippen molar-refractivity contribution in [1.29, 1.82) is 0 Å². The van der Waals surface area contributed by atoms with Crippen molar-refractivity contribution >= 4 is 17.5 Å². The average Bonchev–Trinajstić information content (AvgIpc) is 2.94. The largest absolute Gasteiger partial charge is 0.465 e. The van der Waals surface area contributed by atoms with E-state index in [1.54, 1.807) is 24.7 Å². The molecule has 0 unspecified atom stereocenters. The average molecular weight is 258 g/mol. The van der Waals surface area contributed by atoms with Crippen molar-refractivity contribution in [3.05, 3.63) is 36.3 Å². The maximum absolute atomic E-state index is 11.8. The highest BCUT2D eigenvalue weighted by atomic mass is 16.5. The smallest absolute Gasteiger partial charge is 0.340 e. The third-order valence-corrected chi connectivity index (χ3v) is 3.22. The summed E-state index contributed by atoms with van der Waals surface area (Å²) < 4.78 is 6.75. The molecule has 0 saturated heterocycles. The first-order valence-electron chi connectivity index (χ1n) is 6.13. The summed E-state index contributed by atoms with van der Waals surface area (Å²) >= 11 is 0. The number of methoxy groups -OCH3 is 1. The number of rotatable bonds is 2. The molecule has 0 aromatic carbocycles. The minimum atomic E-state index is -0.353. The van der Waals surface area contributed by atoms with Crippen molar-refractivity contribution in [2.45, 2.75) is 13.0 Å². The summed E-state index contributed by atoms with van der Waals surface area (Å²) in [6.07, 6.45) is 6.03. The molecule has 0 N–H and O–H groups in total. The molecule has 0 aliphatic carbocycles. The Labute approximate surface area is 110 Å². The first-order chi connectivity index (χ1) is 9.31. The number of nitrogens with zero attached hydrogens (tertiary/aromatic N) is 4. The lowest BCUT2D eigenvalue weighted by molar-refractivity contribution is 0.0601. The van der Waals surface area contributed by atoms with Gasteiger partial charge in [0.25, 0.3) is 0 Å². The molecule has 0 atom stereocenters. The monoisotopic (exact) mass is 258 g/mol. The molecule has 2 aromatic rings. The molecule has 1 aliphatic rings. The topological polar surface area (TPSA) is 60.2 Å². The molecule has 0 amide bonds. The highest BCUT2D eigenvalue weighted by molar-refractivity contribution is 5.96. The van der Waals surface area contributed by atoms with Gasteiger partial charge in [-0.1, -0.05) is 0 Å². The second-order valence-electron chi connectivity index (χ2n) is 4.30. The van der Waals surface area contributed by atoms with Crippen molar-refractivity contribution in [2.24, 2.45) is 0 Å². The van der Waals surface area contributed by atoms with E-state index < -0.39 is 0 Å².